The van der Waals surface area contributed by atoms with E-state index in [-0.39, 0.29) is 12.0 Å². The average molecular weight is 215 g/mol. The highest BCUT2D eigenvalue weighted by molar-refractivity contribution is 5.74. The zero-order valence-corrected chi connectivity index (χ0v) is 9.61. The molecular weight excluding hydrogens is 194 g/mol. The topological polar surface area (TPSA) is 49.8 Å². The van der Waals surface area contributed by atoms with Crippen molar-refractivity contribution >= 4 is 5.97 Å². The van der Waals surface area contributed by atoms with Crippen LogP contribution in [0.2, 0.25) is 0 Å². The van der Waals surface area contributed by atoms with Crippen LogP contribution in [0.4, 0.5) is 0 Å². The quantitative estimate of drug-likeness (QED) is 0.677. The molecule has 0 aromatic rings. The molecule has 88 valence electrons. The number of ether oxygens (including phenoxy) is 1. The van der Waals surface area contributed by atoms with E-state index in [1.807, 2.05) is 6.92 Å². The Bertz CT molecular complexity index is 208. The predicted octanol–water partition coefficient (Wildman–Crippen LogP) is 1.21. The fourth-order valence-corrected chi connectivity index (χ4v) is 2.24. The maximum atomic E-state index is 11.0. The number of unbranched alkanes of at least 4 members (excludes halogenated alkanes) is 1. The molecule has 0 spiro atoms. The molecule has 1 aliphatic rings. The Kier molecular flexibility index (Phi) is 5.05. The summed E-state index contributed by atoms with van der Waals surface area (Å²) in [5.41, 5.74) is 0. The minimum Gasteiger partial charge on any atom is -0.480 e. The van der Waals surface area contributed by atoms with E-state index in [4.69, 9.17) is 9.84 Å². The van der Waals surface area contributed by atoms with Crippen LogP contribution < -0.4 is 0 Å². The van der Waals surface area contributed by atoms with Gasteiger partial charge in [0.2, 0.25) is 0 Å². The summed E-state index contributed by atoms with van der Waals surface area (Å²) >= 11 is 0. The van der Waals surface area contributed by atoms with Gasteiger partial charge in [0, 0.05) is 13.7 Å². The molecule has 1 heterocycles. The molecule has 1 rings (SSSR count). The smallest absolute Gasteiger partial charge is 0.321 e. The summed E-state index contributed by atoms with van der Waals surface area (Å²) < 4.78 is 4.97. The minimum atomic E-state index is -0.674. The molecule has 2 atom stereocenters. The molecule has 0 aromatic carbocycles. The highest BCUT2D eigenvalue weighted by atomic mass is 16.5. The van der Waals surface area contributed by atoms with Gasteiger partial charge in [-0.2, -0.15) is 0 Å². The van der Waals surface area contributed by atoms with E-state index in [1.165, 1.54) is 0 Å². The van der Waals surface area contributed by atoms with Crippen LogP contribution >= 0.6 is 0 Å². The lowest BCUT2D eigenvalue weighted by Crippen LogP contribution is -2.39. The van der Waals surface area contributed by atoms with Crippen molar-refractivity contribution in [3.05, 3.63) is 0 Å². The Hall–Kier alpha value is -0.610. The number of hydrogen-bond acceptors (Lipinski definition) is 3. The van der Waals surface area contributed by atoms with E-state index in [0.717, 1.165) is 39.0 Å². The van der Waals surface area contributed by atoms with Crippen molar-refractivity contribution in [1.29, 1.82) is 0 Å². The van der Waals surface area contributed by atoms with Crippen LogP contribution in [-0.4, -0.2) is 48.8 Å². The fourth-order valence-electron chi connectivity index (χ4n) is 2.24. The molecule has 2 unspecified atom stereocenters. The highest BCUT2D eigenvalue weighted by Crippen LogP contribution is 2.24. The van der Waals surface area contributed by atoms with Gasteiger partial charge in [0.1, 0.15) is 6.04 Å². The maximum absolute atomic E-state index is 11.0. The van der Waals surface area contributed by atoms with Gasteiger partial charge in [0.25, 0.3) is 0 Å². The summed E-state index contributed by atoms with van der Waals surface area (Å²) in [6, 6.07) is -0.271. The van der Waals surface area contributed by atoms with Gasteiger partial charge in [-0.1, -0.05) is 6.92 Å². The van der Waals surface area contributed by atoms with Crippen LogP contribution in [0.1, 0.15) is 26.2 Å². The molecule has 15 heavy (non-hydrogen) atoms. The Balaban J connectivity index is 2.31. The first-order valence-electron chi connectivity index (χ1n) is 5.62. The van der Waals surface area contributed by atoms with Gasteiger partial charge >= 0.3 is 5.97 Å². The second-order valence-electron chi connectivity index (χ2n) is 4.28. The van der Waals surface area contributed by atoms with Crippen LogP contribution in [-0.2, 0) is 9.53 Å². The summed E-state index contributed by atoms with van der Waals surface area (Å²) in [6.07, 6.45) is 3.03. The third kappa shape index (κ3) is 3.47. The van der Waals surface area contributed by atoms with Crippen molar-refractivity contribution < 1.29 is 14.6 Å². The third-order valence-corrected chi connectivity index (χ3v) is 3.10. The molecule has 0 bridgehead atoms. The minimum absolute atomic E-state index is 0.271. The molecule has 1 aliphatic heterocycles. The van der Waals surface area contributed by atoms with E-state index < -0.39 is 5.97 Å². The number of rotatable bonds is 6. The molecule has 0 aromatic heterocycles. The molecule has 0 saturated carbocycles. The molecule has 1 N–H and O–H groups in total. The van der Waals surface area contributed by atoms with Gasteiger partial charge in [-0.3, -0.25) is 9.69 Å². The molecule has 0 radical (unpaired) electrons. The summed E-state index contributed by atoms with van der Waals surface area (Å²) in [5.74, 6) is -0.392. The summed E-state index contributed by atoms with van der Waals surface area (Å²) in [7, 11) is 1.69. The molecule has 0 aliphatic carbocycles. The summed E-state index contributed by atoms with van der Waals surface area (Å²) in [4.78, 5) is 13.1. The fraction of sp³-hybridized carbons (Fsp3) is 0.909. The molecule has 4 heteroatoms. The maximum Gasteiger partial charge on any atom is 0.321 e. The van der Waals surface area contributed by atoms with Crippen LogP contribution in [0.3, 0.4) is 0 Å². The number of carbonyl (C=O) groups is 1. The van der Waals surface area contributed by atoms with E-state index in [9.17, 15) is 4.79 Å². The van der Waals surface area contributed by atoms with Crippen molar-refractivity contribution in [2.75, 3.05) is 26.8 Å². The predicted molar refractivity (Wildman–Crippen MR) is 57.9 cm³/mol. The van der Waals surface area contributed by atoms with Gasteiger partial charge in [-0.15, -0.1) is 0 Å². The molecule has 0 amide bonds. The van der Waals surface area contributed by atoms with Crippen LogP contribution in [0.15, 0.2) is 0 Å². The van der Waals surface area contributed by atoms with Crippen molar-refractivity contribution in [2.45, 2.75) is 32.2 Å². The number of likely N-dealkylation sites (tertiary alicyclic amines) is 1. The van der Waals surface area contributed by atoms with E-state index in [0.29, 0.717) is 0 Å². The zero-order chi connectivity index (χ0) is 11.3. The number of methoxy groups -OCH3 is 1. The number of carboxylic acids is 1. The summed E-state index contributed by atoms with van der Waals surface area (Å²) in [5, 5.41) is 9.09. The molecule has 1 fully saturated rings. The van der Waals surface area contributed by atoms with Crippen LogP contribution in [0, 0.1) is 5.92 Å². The van der Waals surface area contributed by atoms with Gasteiger partial charge in [-0.05, 0) is 38.3 Å². The molecule has 4 nitrogen and oxygen atoms in total. The van der Waals surface area contributed by atoms with Crippen molar-refractivity contribution in [1.82, 2.24) is 4.90 Å². The largest absolute Gasteiger partial charge is 0.480 e. The normalized spacial score (nSPS) is 27.1. The van der Waals surface area contributed by atoms with Crippen molar-refractivity contribution in [3.8, 4) is 0 Å². The van der Waals surface area contributed by atoms with Crippen molar-refractivity contribution in [2.24, 2.45) is 5.92 Å². The van der Waals surface area contributed by atoms with Crippen LogP contribution in [0.5, 0.6) is 0 Å². The first-order chi connectivity index (χ1) is 7.16. The lowest BCUT2D eigenvalue weighted by molar-refractivity contribution is -0.143. The van der Waals surface area contributed by atoms with Gasteiger partial charge < -0.3 is 9.84 Å². The second kappa shape index (κ2) is 6.08. The van der Waals surface area contributed by atoms with E-state index in [1.54, 1.807) is 7.11 Å². The van der Waals surface area contributed by atoms with E-state index in [2.05, 4.69) is 4.90 Å². The SMILES string of the molecule is COCCCCN1CCC(C)C1C(=O)O. The number of nitrogens with zero attached hydrogens (tertiary/aromatic N) is 1. The van der Waals surface area contributed by atoms with Gasteiger partial charge in [0.05, 0.1) is 0 Å². The number of hydrogen-bond donors (Lipinski definition) is 1. The number of carboxylic acid groups (broad SMARTS) is 1. The Morgan fingerprint density at radius 3 is 2.87 bits per heavy atom. The molecule has 1 saturated heterocycles. The summed E-state index contributed by atoms with van der Waals surface area (Å²) in [6.45, 7) is 4.59. The highest BCUT2D eigenvalue weighted by Gasteiger charge is 2.35. The third-order valence-electron chi connectivity index (χ3n) is 3.10. The van der Waals surface area contributed by atoms with Gasteiger partial charge in [0.15, 0.2) is 0 Å². The van der Waals surface area contributed by atoms with Crippen molar-refractivity contribution in [3.63, 3.8) is 0 Å². The lowest BCUT2D eigenvalue weighted by atomic mass is 10.0. The lowest BCUT2D eigenvalue weighted by Gasteiger charge is -2.22. The monoisotopic (exact) mass is 215 g/mol. The first-order valence-corrected chi connectivity index (χ1v) is 5.62. The standard InChI is InChI=1S/C11H21NO3/c1-9-5-7-12(10(9)11(13)14)6-3-4-8-15-2/h9-10H,3-8H2,1-2H3,(H,13,14). The van der Waals surface area contributed by atoms with Gasteiger partial charge in [-0.25, -0.2) is 0 Å². The number of aliphatic carboxylic acids is 1. The first kappa shape index (κ1) is 12.5. The Labute approximate surface area is 91.2 Å². The molecular formula is C11H21NO3. The second-order valence-corrected chi connectivity index (χ2v) is 4.28. The average Bonchev–Trinajstić information content (AvgIpc) is 2.54. The Morgan fingerprint density at radius 1 is 1.53 bits per heavy atom. The Morgan fingerprint density at radius 2 is 2.27 bits per heavy atom. The van der Waals surface area contributed by atoms with Crippen LogP contribution in [0.25, 0.3) is 0 Å². The van der Waals surface area contributed by atoms with E-state index >= 15 is 0 Å². The zero-order valence-electron chi connectivity index (χ0n) is 9.61.